The van der Waals surface area contributed by atoms with Crippen molar-refractivity contribution in [2.45, 2.75) is 19.5 Å². The zero-order valence-electron chi connectivity index (χ0n) is 8.90. The molecule has 0 aliphatic rings. The predicted octanol–water partition coefficient (Wildman–Crippen LogP) is 2.10. The van der Waals surface area contributed by atoms with Crippen molar-refractivity contribution in [1.29, 1.82) is 0 Å². The van der Waals surface area contributed by atoms with Gasteiger partial charge < -0.3 is 5.11 Å². The Labute approximate surface area is 99.9 Å². The molecule has 0 radical (unpaired) electrons. The Morgan fingerprint density at radius 2 is 1.94 bits per heavy atom. The molecule has 0 aromatic carbocycles. The van der Waals surface area contributed by atoms with Gasteiger partial charge in [-0.15, -0.1) is 11.3 Å². The number of aliphatic hydroxyl groups excluding tert-OH is 1. The minimum atomic E-state index is -3.45. The van der Waals surface area contributed by atoms with Gasteiger partial charge in [0.2, 0.25) is 17.7 Å². The largest absolute Gasteiger partial charge is 0.397 e. The maximum atomic E-state index is 12.8. The third kappa shape index (κ3) is 5.10. The summed E-state index contributed by atoms with van der Waals surface area (Å²) in [5, 5.41) is 9.06. The number of thiophene rings is 1. The first-order chi connectivity index (χ1) is 7.95. The van der Waals surface area contributed by atoms with Gasteiger partial charge in [0.1, 0.15) is 0 Å². The number of hydrogen-bond acceptors (Lipinski definition) is 4. The highest BCUT2D eigenvalue weighted by Crippen LogP contribution is 2.15. The van der Waals surface area contributed by atoms with E-state index in [-0.39, 0.29) is 11.5 Å². The number of halogens is 3. The molecule has 1 aromatic rings. The standard InChI is InChI=1S/C8H5F3O2S.C2H6O/c9-5(7(13)8(10)11)6(12)4-2-1-3-14-4;1-2-3/h1-3,5,8H;3H,2H2,1H3. The predicted molar refractivity (Wildman–Crippen MR) is 57.3 cm³/mol. The van der Waals surface area contributed by atoms with Crippen LogP contribution in [0.4, 0.5) is 13.2 Å². The van der Waals surface area contributed by atoms with Crippen molar-refractivity contribution in [2.24, 2.45) is 0 Å². The Kier molecular flexibility index (Phi) is 7.40. The molecule has 0 bridgehead atoms. The first-order valence-corrected chi connectivity index (χ1v) is 5.48. The second-order valence-corrected chi connectivity index (χ2v) is 3.67. The van der Waals surface area contributed by atoms with E-state index in [1.54, 1.807) is 6.92 Å². The van der Waals surface area contributed by atoms with Gasteiger partial charge in [-0.05, 0) is 18.4 Å². The number of Topliss-reactive ketones (excluding diaryl/α,β-unsaturated/α-hetero) is 2. The third-order valence-electron chi connectivity index (χ3n) is 1.46. The number of ketones is 2. The second-order valence-electron chi connectivity index (χ2n) is 2.72. The Morgan fingerprint density at radius 3 is 2.29 bits per heavy atom. The van der Waals surface area contributed by atoms with Gasteiger partial charge >= 0.3 is 0 Å². The lowest BCUT2D eigenvalue weighted by Crippen LogP contribution is -2.30. The molecule has 1 rings (SSSR count). The SMILES string of the molecule is CCO.O=C(c1cccs1)C(F)C(=O)C(F)F. The van der Waals surface area contributed by atoms with E-state index in [2.05, 4.69) is 0 Å². The number of aliphatic hydroxyl groups is 1. The van der Waals surface area contributed by atoms with E-state index < -0.39 is 24.2 Å². The van der Waals surface area contributed by atoms with Crippen LogP contribution in [-0.4, -0.2) is 35.9 Å². The van der Waals surface area contributed by atoms with Crippen LogP contribution in [0.2, 0.25) is 0 Å². The average molecular weight is 268 g/mol. The minimum absolute atomic E-state index is 0.0356. The third-order valence-corrected chi connectivity index (χ3v) is 2.34. The lowest BCUT2D eigenvalue weighted by molar-refractivity contribution is -0.132. The van der Waals surface area contributed by atoms with Crippen molar-refractivity contribution in [2.75, 3.05) is 6.61 Å². The van der Waals surface area contributed by atoms with Crippen LogP contribution in [0.15, 0.2) is 17.5 Å². The van der Waals surface area contributed by atoms with E-state index in [0.29, 0.717) is 0 Å². The number of alkyl halides is 3. The molecule has 1 unspecified atom stereocenters. The van der Waals surface area contributed by atoms with Gasteiger partial charge in [0.25, 0.3) is 6.43 Å². The van der Waals surface area contributed by atoms with Gasteiger partial charge in [-0.2, -0.15) is 0 Å². The van der Waals surface area contributed by atoms with Crippen LogP contribution < -0.4 is 0 Å². The van der Waals surface area contributed by atoms with Crippen molar-refractivity contribution in [3.63, 3.8) is 0 Å². The van der Waals surface area contributed by atoms with Crippen molar-refractivity contribution in [3.8, 4) is 0 Å². The molecule has 1 aromatic heterocycles. The molecule has 0 saturated heterocycles. The van der Waals surface area contributed by atoms with Crippen LogP contribution in [-0.2, 0) is 4.79 Å². The smallest absolute Gasteiger partial charge is 0.299 e. The summed E-state index contributed by atoms with van der Waals surface area (Å²) >= 11 is 0.902. The van der Waals surface area contributed by atoms with Crippen molar-refractivity contribution >= 4 is 22.9 Å². The quantitative estimate of drug-likeness (QED) is 0.672. The fourth-order valence-corrected chi connectivity index (χ4v) is 1.46. The van der Waals surface area contributed by atoms with Crippen LogP contribution in [0.1, 0.15) is 16.6 Å². The molecule has 96 valence electrons. The van der Waals surface area contributed by atoms with Gasteiger partial charge in [0.15, 0.2) is 0 Å². The topological polar surface area (TPSA) is 54.4 Å². The highest BCUT2D eigenvalue weighted by atomic mass is 32.1. The molecule has 0 saturated carbocycles. The maximum Gasteiger partial charge on any atom is 0.299 e. The molecule has 1 atom stereocenters. The molecule has 3 nitrogen and oxygen atoms in total. The van der Waals surface area contributed by atoms with E-state index in [9.17, 15) is 22.8 Å². The zero-order valence-corrected chi connectivity index (χ0v) is 9.72. The summed E-state index contributed by atoms with van der Waals surface area (Å²) < 4.78 is 36.3. The maximum absolute atomic E-state index is 12.8. The van der Waals surface area contributed by atoms with E-state index in [1.165, 1.54) is 17.5 Å². The molecule has 0 aliphatic carbocycles. The molecule has 1 heterocycles. The van der Waals surface area contributed by atoms with Crippen LogP contribution in [0.5, 0.6) is 0 Å². The number of carbonyl (C=O) groups is 2. The zero-order chi connectivity index (χ0) is 13.4. The van der Waals surface area contributed by atoms with Gasteiger partial charge in [0, 0.05) is 6.61 Å². The molecule has 0 spiro atoms. The molecule has 0 aliphatic heterocycles. The second kappa shape index (κ2) is 7.97. The van der Waals surface area contributed by atoms with Crippen LogP contribution in [0.3, 0.4) is 0 Å². The van der Waals surface area contributed by atoms with Gasteiger partial charge in [-0.25, -0.2) is 13.2 Å². The summed E-state index contributed by atoms with van der Waals surface area (Å²) in [6.07, 6.45) is -6.21. The number of rotatable bonds is 4. The Balaban J connectivity index is 0.000000770. The van der Waals surface area contributed by atoms with Crippen LogP contribution in [0.25, 0.3) is 0 Å². The van der Waals surface area contributed by atoms with Gasteiger partial charge in [0.05, 0.1) is 4.88 Å². The minimum Gasteiger partial charge on any atom is -0.397 e. The fraction of sp³-hybridized carbons (Fsp3) is 0.400. The highest BCUT2D eigenvalue weighted by molar-refractivity contribution is 7.12. The van der Waals surface area contributed by atoms with Crippen LogP contribution >= 0.6 is 11.3 Å². The molecule has 0 fully saturated rings. The average Bonchev–Trinajstić information content (AvgIpc) is 2.80. The summed E-state index contributed by atoms with van der Waals surface area (Å²) in [5.41, 5.74) is 0. The van der Waals surface area contributed by atoms with Gasteiger partial charge in [-0.3, -0.25) is 9.59 Å². The lowest BCUT2D eigenvalue weighted by Gasteiger charge is -2.03. The first kappa shape index (κ1) is 15.8. The summed E-state index contributed by atoms with van der Waals surface area (Å²) in [6, 6.07) is 2.75. The molecule has 1 N–H and O–H groups in total. The Bertz CT molecular complexity index is 352. The number of carbonyl (C=O) groups excluding carboxylic acids is 2. The monoisotopic (exact) mass is 268 g/mol. The van der Waals surface area contributed by atoms with Crippen molar-refractivity contribution in [1.82, 2.24) is 0 Å². The first-order valence-electron chi connectivity index (χ1n) is 4.60. The molecular formula is C10H11F3O3S. The normalized spacial score (nSPS) is 11.6. The van der Waals surface area contributed by atoms with E-state index in [0.717, 1.165) is 11.3 Å². The molecule has 0 amide bonds. The van der Waals surface area contributed by atoms with Crippen molar-refractivity contribution < 1.29 is 27.9 Å². The summed E-state index contributed by atoms with van der Waals surface area (Å²) in [6.45, 7) is 1.93. The molecule has 7 heteroatoms. The lowest BCUT2D eigenvalue weighted by atomic mass is 10.1. The van der Waals surface area contributed by atoms with Gasteiger partial charge in [-0.1, -0.05) is 6.07 Å². The fourth-order valence-electron chi connectivity index (χ4n) is 0.783. The summed E-state index contributed by atoms with van der Waals surface area (Å²) in [5.74, 6) is -3.19. The van der Waals surface area contributed by atoms with E-state index in [1.807, 2.05) is 0 Å². The van der Waals surface area contributed by atoms with Crippen LogP contribution in [0, 0.1) is 0 Å². The molecular weight excluding hydrogens is 257 g/mol. The summed E-state index contributed by atoms with van der Waals surface area (Å²) in [4.78, 5) is 21.4. The molecule has 17 heavy (non-hydrogen) atoms. The Hall–Kier alpha value is -1.21. The highest BCUT2D eigenvalue weighted by Gasteiger charge is 2.33. The van der Waals surface area contributed by atoms with E-state index in [4.69, 9.17) is 5.11 Å². The van der Waals surface area contributed by atoms with E-state index >= 15 is 0 Å². The summed E-state index contributed by atoms with van der Waals surface area (Å²) in [7, 11) is 0. The van der Waals surface area contributed by atoms with Crippen molar-refractivity contribution in [3.05, 3.63) is 22.4 Å². The number of hydrogen-bond donors (Lipinski definition) is 1. The Morgan fingerprint density at radius 1 is 1.41 bits per heavy atom.